The highest BCUT2D eigenvalue weighted by Crippen LogP contribution is 2.14. The van der Waals surface area contributed by atoms with Gasteiger partial charge >= 0.3 is 0 Å². The van der Waals surface area contributed by atoms with Crippen LogP contribution in [0, 0.1) is 12.3 Å². The Kier molecular flexibility index (Phi) is 4.58. The van der Waals surface area contributed by atoms with Gasteiger partial charge in [-0.05, 0) is 12.6 Å². The van der Waals surface area contributed by atoms with E-state index < -0.39 is 0 Å². The van der Waals surface area contributed by atoms with Gasteiger partial charge in [0.25, 0.3) is 0 Å². The Morgan fingerprint density at radius 3 is 2.80 bits per heavy atom. The molecular weight excluding hydrogens is 190 g/mol. The summed E-state index contributed by atoms with van der Waals surface area (Å²) in [5.41, 5.74) is 0.843. The SMILES string of the molecule is C#CCC(NCC)c1ccc(OC)nn1. The molecule has 0 spiro atoms. The number of rotatable bonds is 5. The number of nitrogens with zero attached hydrogens (tertiary/aromatic N) is 2. The zero-order valence-corrected chi connectivity index (χ0v) is 9.03. The molecule has 4 nitrogen and oxygen atoms in total. The maximum absolute atomic E-state index is 5.29. The number of terminal acetylenes is 1. The van der Waals surface area contributed by atoms with Crippen LogP contribution in [0.15, 0.2) is 12.1 Å². The first-order valence-electron chi connectivity index (χ1n) is 4.86. The molecule has 0 aliphatic heterocycles. The number of aromatic nitrogens is 2. The van der Waals surface area contributed by atoms with Gasteiger partial charge < -0.3 is 10.1 Å². The summed E-state index contributed by atoms with van der Waals surface area (Å²) < 4.78 is 4.93. The molecule has 1 unspecified atom stereocenters. The van der Waals surface area contributed by atoms with Crippen LogP contribution in [-0.2, 0) is 0 Å². The molecule has 1 aromatic rings. The molecule has 0 fully saturated rings. The third-order valence-corrected chi connectivity index (χ3v) is 2.00. The van der Waals surface area contributed by atoms with Crippen molar-refractivity contribution in [2.24, 2.45) is 0 Å². The van der Waals surface area contributed by atoms with Crippen LogP contribution in [0.2, 0.25) is 0 Å². The van der Waals surface area contributed by atoms with Crippen LogP contribution in [0.4, 0.5) is 0 Å². The van der Waals surface area contributed by atoms with E-state index >= 15 is 0 Å². The van der Waals surface area contributed by atoms with E-state index in [0.717, 1.165) is 12.2 Å². The van der Waals surface area contributed by atoms with E-state index in [2.05, 4.69) is 21.4 Å². The van der Waals surface area contributed by atoms with E-state index in [1.54, 1.807) is 13.2 Å². The van der Waals surface area contributed by atoms with Gasteiger partial charge in [-0.2, -0.15) is 5.10 Å². The Morgan fingerprint density at radius 1 is 1.53 bits per heavy atom. The van der Waals surface area contributed by atoms with Crippen molar-refractivity contribution in [3.05, 3.63) is 17.8 Å². The fraction of sp³-hybridized carbons (Fsp3) is 0.455. The topological polar surface area (TPSA) is 47.0 Å². The molecule has 0 amide bonds. The molecule has 80 valence electrons. The minimum absolute atomic E-state index is 0.0680. The van der Waals surface area contributed by atoms with Crippen LogP contribution in [0.25, 0.3) is 0 Å². The van der Waals surface area contributed by atoms with Crippen molar-refractivity contribution in [2.75, 3.05) is 13.7 Å². The van der Waals surface area contributed by atoms with Gasteiger partial charge in [0.2, 0.25) is 5.88 Å². The molecular formula is C11H15N3O. The lowest BCUT2D eigenvalue weighted by molar-refractivity contribution is 0.389. The van der Waals surface area contributed by atoms with Gasteiger partial charge in [-0.25, -0.2) is 0 Å². The first-order valence-corrected chi connectivity index (χ1v) is 4.86. The molecule has 0 bridgehead atoms. The maximum Gasteiger partial charge on any atom is 0.233 e. The minimum atomic E-state index is 0.0680. The first-order chi connectivity index (χ1) is 7.31. The predicted molar refractivity (Wildman–Crippen MR) is 58.5 cm³/mol. The lowest BCUT2D eigenvalue weighted by atomic mass is 10.1. The largest absolute Gasteiger partial charge is 0.480 e. The number of nitrogens with one attached hydrogen (secondary N) is 1. The fourth-order valence-corrected chi connectivity index (χ4v) is 1.27. The molecule has 0 aliphatic rings. The number of ether oxygens (including phenoxy) is 1. The molecule has 4 heteroatoms. The summed E-state index contributed by atoms with van der Waals surface area (Å²) in [7, 11) is 1.56. The van der Waals surface area contributed by atoms with Gasteiger partial charge in [0.15, 0.2) is 0 Å². The summed E-state index contributed by atoms with van der Waals surface area (Å²) in [6.07, 6.45) is 5.90. The molecule has 0 saturated carbocycles. The van der Waals surface area contributed by atoms with E-state index in [1.165, 1.54) is 0 Å². The van der Waals surface area contributed by atoms with E-state index in [4.69, 9.17) is 11.2 Å². The minimum Gasteiger partial charge on any atom is -0.480 e. The quantitative estimate of drug-likeness (QED) is 0.733. The van der Waals surface area contributed by atoms with Crippen LogP contribution in [0.1, 0.15) is 25.1 Å². The van der Waals surface area contributed by atoms with Crippen molar-refractivity contribution in [1.29, 1.82) is 0 Å². The fourth-order valence-electron chi connectivity index (χ4n) is 1.27. The molecule has 15 heavy (non-hydrogen) atoms. The third kappa shape index (κ3) is 3.22. The van der Waals surface area contributed by atoms with E-state index in [-0.39, 0.29) is 6.04 Å². The van der Waals surface area contributed by atoms with Crippen molar-refractivity contribution >= 4 is 0 Å². The maximum atomic E-state index is 5.29. The molecule has 0 radical (unpaired) electrons. The average Bonchev–Trinajstić information content (AvgIpc) is 2.29. The van der Waals surface area contributed by atoms with Crippen molar-refractivity contribution in [1.82, 2.24) is 15.5 Å². The lowest BCUT2D eigenvalue weighted by Crippen LogP contribution is -2.21. The van der Waals surface area contributed by atoms with Gasteiger partial charge in [0.05, 0.1) is 18.8 Å². The van der Waals surface area contributed by atoms with E-state index in [9.17, 15) is 0 Å². The first kappa shape index (κ1) is 11.5. The zero-order chi connectivity index (χ0) is 11.1. The van der Waals surface area contributed by atoms with Crippen molar-refractivity contribution < 1.29 is 4.74 Å². The Bertz CT molecular complexity index is 329. The number of hydrogen-bond donors (Lipinski definition) is 1. The molecule has 1 N–H and O–H groups in total. The number of methoxy groups -OCH3 is 1. The monoisotopic (exact) mass is 205 g/mol. The van der Waals surface area contributed by atoms with Gasteiger partial charge in [-0.15, -0.1) is 17.4 Å². The van der Waals surface area contributed by atoms with Gasteiger partial charge in [-0.1, -0.05) is 6.92 Å². The highest BCUT2D eigenvalue weighted by Gasteiger charge is 2.10. The van der Waals surface area contributed by atoms with Crippen LogP contribution < -0.4 is 10.1 Å². The molecule has 0 aromatic carbocycles. The summed E-state index contributed by atoms with van der Waals surface area (Å²) in [6, 6.07) is 3.72. The summed E-state index contributed by atoms with van der Waals surface area (Å²) >= 11 is 0. The summed E-state index contributed by atoms with van der Waals surface area (Å²) in [4.78, 5) is 0. The van der Waals surface area contributed by atoms with Gasteiger partial charge in [0, 0.05) is 12.5 Å². The summed E-state index contributed by atoms with van der Waals surface area (Å²) in [6.45, 7) is 2.88. The molecule has 1 atom stereocenters. The second-order valence-corrected chi connectivity index (χ2v) is 3.02. The molecule has 0 saturated heterocycles. The van der Waals surface area contributed by atoms with E-state index in [0.29, 0.717) is 12.3 Å². The predicted octanol–water partition coefficient (Wildman–Crippen LogP) is 1.16. The zero-order valence-electron chi connectivity index (χ0n) is 9.03. The Morgan fingerprint density at radius 2 is 2.33 bits per heavy atom. The van der Waals surface area contributed by atoms with Crippen LogP contribution in [0.3, 0.4) is 0 Å². The normalized spacial score (nSPS) is 11.8. The Labute approximate surface area is 90.1 Å². The molecule has 1 rings (SSSR count). The Balaban J connectivity index is 2.77. The highest BCUT2D eigenvalue weighted by atomic mass is 16.5. The van der Waals surface area contributed by atoms with Crippen molar-refractivity contribution in [2.45, 2.75) is 19.4 Å². The average molecular weight is 205 g/mol. The van der Waals surface area contributed by atoms with Gasteiger partial charge in [-0.3, -0.25) is 0 Å². The van der Waals surface area contributed by atoms with Crippen LogP contribution in [0.5, 0.6) is 5.88 Å². The summed E-state index contributed by atoms with van der Waals surface area (Å²) in [5, 5.41) is 11.2. The number of hydrogen-bond acceptors (Lipinski definition) is 4. The Hall–Kier alpha value is -1.60. The second-order valence-electron chi connectivity index (χ2n) is 3.02. The standard InChI is InChI=1S/C11H15N3O/c1-4-6-9(12-5-2)10-7-8-11(15-3)14-13-10/h1,7-9,12H,5-6H2,2-3H3. The van der Waals surface area contributed by atoms with Crippen LogP contribution in [-0.4, -0.2) is 23.9 Å². The summed E-state index contributed by atoms with van der Waals surface area (Å²) in [5.74, 6) is 3.13. The van der Waals surface area contributed by atoms with Gasteiger partial charge in [0.1, 0.15) is 0 Å². The van der Waals surface area contributed by atoms with Crippen LogP contribution >= 0.6 is 0 Å². The van der Waals surface area contributed by atoms with Crippen molar-refractivity contribution in [3.63, 3.8) is 0 Å². The third-order valence-electron chi connectivity index (χ3n) is 2.00. The molecule has 0 aliphatic carbocycles. The lowest BCUT2D eigenvalue weighted by Gasteiger charge is -2.13. The van der Waals surface area contributed by atoms with E-state index in [1.807, 2.05) is 13.0 Å². The second kappa shape index (κ2) is 5.99. The smallest absolute Gasteiger partial charge is 0.233 e. The highest BCUT2D eigenvalue weighted by molar-refractivity contribution is 5.15. The molecule has 1 aromatic heterocycles. The van der Waals surface area contributed by atoms with Crippen molar-refractivity contribution in [3.8, 4) is 18.2 Å². The molecule has 1 heterocycles.